The lowest BCUT2D eigenvalue weighted by atomic mass is 9.99. The van der Waals surface area contributed by atoms with Crippen molar-refractivity contribution in [1.82, 2.24) is 9.88 Å². The monoisotopic (exact) mass is 647 g/mol. The predicted molar refractivity (Wildman–Crippen MR) is 167 cm³/mol. The van der Waals surface area contributed by atoms with Crippen molar-refractivity contribution >= 4 is 49.8 Å². The van der Waals surface area contributed by atoms with Crippen LogP contribution in [0.1, 0.15) is 26.2 Å². The molecule has 0 saturated carbocycles. The highest BCUT2D eigenvalue weighted by Gasteiger charge is 2.21. The number of benzene rings is 3. The zero-order valence-electron chi connectivity index (χ0n) is 23.8. The van der Waals surface area contributed by atoms with Crippen molar-refractivity contribution in [1.29, 1.82) is 0 Å². The number of nitrogens with zero attached hydrogens (tertiary/aromatic N) is 2. The van der Waals surface area contributed by atoms with Crippen molar-refractivity contribution in [2.24, 2.45) is 5.92 Å². The third-order valence-electron chi connectivity index (χ3n) is 7.33. The molecule has 43 heavy (non-hydrogen) atoms. The van der Waals surface area contributed by atoms with Gasteiger partial charge in [0.25, 0.3) is 10.0 Å². The van der Waals surface area contributed by atoms with Crippen LogP contribution < -0.4 is 18.9 Å². The van der Waals surface area contributed by atoms with Crippen LogP contribution in [0.5, 0.6) is 23.0 Å². The summed E-state index contributed by atoms with van der Waals surface area (Å²) < 4.78 is 60.8. The molecule has 1 N–H and O–H groups in total. The van der Waals surface area contributed by atoms with Gasteiger partial charge in [0.2, 0.25) is 0 Å². The second kappa shape index (κ2) is 13.5. The highest BCUT2D eigenvalue weighted by molar-refractivity contribution is 7.92. The van der Waals surface area contributed by atoms with Gasteiger partial charge in [0, 0.05) is 35.3 Å². The topological polar surface area (TPSA) is 90.0 Å². The van der Waals surface area contributed by atoms with Crippen LogP contribution in [0, 0.1) is 11.7 Å². The normalized spacial score (nSPS) is 14.5. The first kappa shape index (κ1) is 31.1. The molecule has 0 atom stereocenters. The molecule has 5 rings (SSSR count). The van der Waals surface area contributed by atoms with E-state index >= 15 is 0 Å². The Morgan fingerprint density at radius 2 is 1.79 bits per heavy atom. The number of piperidine rings is 1. The summed E-state index contributed by atoms with van der Waals surface area (Å²) in [6.07, 6.45) is 4.89. The molecule has 2 heterocycles. The number of anilines is 1. The van der Waals surface area contributed by atoms with Crippen LogP contribution in [0.2, 0.25) is 10.0 Å². The molecule has 0 radical (unpaired) electrons. The number of nitrogens with one attached hydrogen (secondary N) is 1. The van der Waals surface area contributed by atoms with Crippen LogP contribution >= 0.6 is 23.2 Å². The van der Waals surface area contributed by atoms with Gasteiger partial charge in [-0.05, 0) is 80.7 Å². The number of methoxy groups -OCH3 is 1. The number of pyridine rings is 1. The van der Waals surface area contributed by atoms with Crippen LogP contribution in [0.4, 0.5) is 10.1 Å². The van der Waals surface area contributed by atoms with Crippen LogP contribution in [-0.4, -0.2) is 51.7 Å². The maximum absolute atomic E-state index is 14.9. The third kappa shape index (κ3) is 7.62. The molecule has 4 aromatic rings. The molecular weight excluding hydrogens is 616 g/mol. The number of fused-ring (bicyclic) bond motifs is 1. The van der Waals surface area contributed by atoms with Gasteiger partial charge in [0.05, 0.1) is 29.9 Å². The highest BCUT2D eigenvalue weighted by Crippen LogP contribution is 2.38. The molecule has 1 aliphatic heterocycles. The van der Waals surface area contributed by atoms with Crippen LogP contribution in [0.15, 0.2) is 65.7 Å². The summed E-state index contributed by atoms with van der Waals surface area (Å²) in [5, 5.41) is 0.756. The van der Waals surface area contributed by atoms with Crippen molar-refractivity contribution in [2.45, 2.75) is 31.1 Å². The smallest absolute Gasteiger partial charge is 0.263 e. The summed E-state index contributed by atoms with van der Waals surface area (Å²) in [5.74, 6) is 1.24. The zero-order valence-corrected chi connectivity index (χ0v) is 26.1. The number of likely N-dealkylation sites (tertiary alicyclic amines) is 1. The molecule has 8 nitrogen and oxygen atoms in total. The molecule has 1 saturated heterocycles. The maximum Gasteiger partial charge on any atom is 0.263 e. The molecule has 228 valence electrons. The molecule has 0 bridgehead atoms. The fourth-order valence-electron chi connectivity index (χ4n) is 4.90. The van der Waals surface area contributed by atoms with E-state index < -0.39 is 15.8 Å². The number of ether oxygens (including phenoxy) is 3. The number of rotatable bonds is 11. The summed E-state index contributed by atoms with van der Waals surface area (Å²) in [6.45, 7) is 6.05. The summed E-state index contributed by atoms with van der Waals surface area (Å²) in [4.78, 5) is 6.69. The molecule has 0 aliphatic carbocycles. The number of sulfonamides is 1. The summed E-state index contributed by atoms with van der Waals surface area (Å²) in [7, 11) is -2.58. The van der Waals surface area contributed by atoms with Gasteiger partial charge in [-0.25, -0.2) is 12.8 Å². The Morgan fingerprint density at radius 1 is 1.00 bits per heavy atom. The molecule has 0 amide bonds. The van der Waals surface area contributed by atoms with Gasteiger partial charge < -0.3 is 19.1 Å². The lowest BCUT2D eigenvalue weighted by Gasteiger charge is -2.30. The van der Waals surface area contributed by atoms with Crippen LogP contribution in [0.25, 0.3) is 10.9 Å². The summed E-state index contributed by atoms with van der Waals surface area (Å²) in [6, 6.07) is 12.8. The first-order chi connectivity index (χ1) is 20.6. The van der Waals surface area contributed by atoms with Gasteiger partial charge in [-0.2, -0.15) is 0 Å². The Morgan fingerprint density at radius 3 is 2.56 bits per heavy atom. The Hall–Kier alpha value is -3.31. The number of hydrogen-bond acceptors (Lipinski definition) is 7. The third-order valence-corrected chi connectivity index (χ3v) is 9.42. The number of aromatic nitrogens is 1. The lowest BCUT2D eigenvalue weighted by molar-refractivity contribution is 0.176. The van der Waals surface area contributed by atoms with Gasteiger partial charge >= 0.3 is 0 Å². The second-order valence-electron chi connectivity index (χ2n) is 10.5. The average Bonchev–Trinajstić information content (AvgIpc) is 2.98. The zero-order chi connectivity index (χ0) is 30.6. The van der Waals surface area contributed by atoms with E-state index in [2.05, 4.69) is 21.5 Å². The molecular formula is C31H32Cl2FN3O5S. The van der Waals surface area contributed by atoms with Crippen LogP contribution in [0.3, 0.4) is 0 Å². The molecule has 12 heteroatoms. The van der Waals surface area contributed by atoms with Crippen molar-refractivity contribution in [2.75, 3.05) is 38.1 Å². The Labute approximate surface area is 260 Å². The molecule has 1 aromatic heterocycles. The fourth-order valence-corrected chi connectivity index (χ4v) is 6.72. The minimum absolute atomic E-state index is 0.00676. The van der Waals surface area contributed by atoms with E-state index in [1.165, 1.54) is 49.4 Å². The van der Waals surface area contributed by atoms with E-state index in [0.717, 1.165) is 38.0 Å². The van der Waals surface area contributed by atoms with E-state index in [1.54, 1.807) is 25.3 Å². The number of hydrogen-bond donors (Lipinski definition) is 1. The van der Waals surface area contributed by atoms with E-state index in [0.29, 0.717) is 34.8 Å². The number of halogens is 3. The molecule has 1 fully saturated rings. The molecule has 0 spiro atoms. The predicted octanol–water partition coefficient (Wildman–Crippen LogP) is 7.78. The largest absolute Gasteiger partial charge is 0.493 e. The summed E-state index contributed by atoms with van der Waals surface area (Å²) >= 11 is 12.0. The van der Waals surface area contributed by atoms with Gasteiger partial charge in [-0.3, -0.25) is 9.71 Å². The molecule has 3 aromatic carbocycles. The fraction of sp³-hybridized carbons (Fsp3) is 0.323. The van der Waals surface area contributed by atoms with Gasteiger partial charge in [-0.15, -0.1) is 0 Å². The lowest BCUT2D eigenvalue weighted by Crippen LogP contribution is -2.34. The Balaban J connectivity index is 1.32. The van der Waals surface area contributed by atoms with Crippen molar-refractivity contribution in [3.8, 4) is 23.0 Å². The maximum atomic E-state index is 14.9. The average molecular weight is 649 g/mol. The summed E-state index contributed by atoms with van der Waals surface area (Å²) in [5.41, 5.74) is 0.629. The van der Waals surface area contributed by atoms with E-state index in [1.807, 2.05) is 0 Å². The quantitative estimate of drug-likeness (QED) is 0.166. The minimum Gasteiger partial charge on any atom is -0.493 e. The second-order valence-corrected chi connectivity index (χ2v) is 13.0. The first-order valence-corrected chi connectivity index (χ1v) is 16.1. The molecule has 1 aliphatic rings. The standard InChI is InChI=1S/C31H32Cl2FN3O5S/c1-20-9-13-37(14-10-20)12-3-15-41-30-19-26-23(18-29(30)40-2)27(8-11-35-26)42-28-17-22(5-7-25(28)34)36-43(38,39)31-16-21(32)4-6-24(31)33/h4-8,11,16-20,36H,3,9-10,12-15H2,1-2H3. The van der Waals surface area contributed by atoms with E-state index in [-0.39, 0.29) is 26.4 Å². The van der Waals surface area contributed by atoms with Crippen molar-refractivity contribution in [3.63, 3.8) is 0 Å². The van der Waals surface area contributed by atoms with E-state index in [9.17, 15) is 12.8 Å². The van der Waals surface area contributed by atoms with Gasteiger partial charge in [0.15, 0.2) is 23.1 Å². The van der Waals surface area contributed by atoms with E-state index in [4.69, 9.17) is 37.4 Å². The first-order valence-electron chi connectivity index (χ1n) is 13.9. The van der Waals surface area contributed by atoms with Crippen molar-refractivity contribution in [3.05, 3.63) is 76.7 Å². The van der Waals surface area contributed by atoms with Gasteiger partial charge in [-0.1, -0.05) is 30.1 Å². The van der Waals surface area contributed by atoms with Crippen LogP contribution in [-0.2, 0) is 10.0 Å². The Bertz CT molecular complexity index is 1720. The molecule has 0 unspecified atom stereocenters. The SMILES string of the molecule is COc1cc2c(Oc3cc(NS(=O)(=O)c4cc(Cl)ccc4Cl)ccc3F)ccnc2cc1OCCCN1CCC(C)CC1. The Kier molecular flexibility index (Phi) is 9.81. The highest BCUT2D eigenvalue weighted by atomic mass is 35.5. The minimum atomic E-state index is -4.12. The van der Waals surface area contributed by atoms with Crippen molar-refractivity contribution < 1.29 is 27.0 Å². The van der Waals surface area contributed by atoms with Gasteiger partial charge in [0.1, 0.15) is 10.6 Å².